The van der Waals surface area contributed by atoms with Gasteiger partial charge in [-0.25, -0.2) is 0 Å². The lowest BCUT2D eigenvalue weighted by Gasteiger charge is -2.31. The quantitative estimate of drug-likeness (QED) is 0.224. The number of unbranched alkanes of at least 4 members (excludes halogenated alkanes) is 6. The van der Waals surface area contributed by atoms with Crippen molar-refractivity contribution in [1.29, 1.82) is 0 Å². The summed E-state index contributed by atoms with van der Waals surface area (Å²) in [4.78, 5) is 0. The fourth-order valence-corrected chi connectivity index (χ4v) is 5.02. The fourth-order valence-electron chi connectivity index (χ4n) is 3.35. The van der Waals surface area contributed by atoms with Crippen LogP contribution in [0.25, 0.3) is 0 Å². The molecule has 0 amide bonds. The lowest BCUT2D eigenvalue weighted by molar-refractivity contribution is 0.0752. The van der Waals surface area contributed by atoms with Gasteiger partial charge < -0.3 is 13.9 Å². The Morgan fingerprint density at radius 1 is 0.750 bits per heavy atom. The zero-order chi connectivity index (χ0) is 17.4. The van der Waals surface area contributed by atoms with Crippen molar-refractivity contribution in [2.24, 2.45) is 5.41 Å². The highest BCUT2D eigenvalue weighted by molar-refractivity contribution is 14.1. The molecule has 3 nitrogen and oxygen atoms in total. The van der Waals surface area contributed by atoms with Gasteiger partial charge in [0, 0.05) is 50.6 Å². The van der Waals surface area contributed by atoms with E-state index in [4.69, 9.17) is 13.9 Å². The summed E-state index contributed by atoms with van der Waals surface area (Å²) in [5, 5.41) is 0. The van der Waals surface area contributed by atoms with E-state index in [9.17, 15) is 0 Å². The maximum absolute atomic E-state index is 6.20. The molecule has 0 spiro atoms. The molecule has 1 aliphatic heterocycles. The van der Waals surface area contributed by atoms with Crippen molar-refractivity contribution in [2.75, 3.05) is 13.2 Å². The molecule has 1 aromatic heterocycles. The third-order valence-corrected chi connectivity index (χ3v) is 6.33. The van der Waals surface area contributed by atoms with E-state index < -0.39 is 0 Å². The molecule has 2 rings (SSSR count). The van der Waals surface area contributed by atoms with Crippen molar-refractivity contribution in [3.05, 3.63) is 7.53 Å². The van der Waals surface area contributed by atoms with Crippen molar-refractivity contribution in [1.82, 2.24) is 0 Å². The largest absolute Gasteiger partial charge is 0.485 e. The van der Waals surface area contributed by atoms with E-state index in [1.165, 1.54) is 64.2 Å². The monoisotopic (exact) mass is 560 g/mol. The molecule has 1 aliphatic rings. The first kappa shape index (κ1) is 20.6. The first-order valence-electron chi connectivity index (χ1n) is 9.35. The van der Waals surface area contributed by atoms with Crippen LogP contribution in [-0.2, 0) is 0 Å². The standard InChI is InChI=1S/C19H30I2O3/c1-3-5-7-9-11-19(12-10-8-6-4-2)13-22-15-16(23-14-19)18(21)24-17(15)20/h3-14H2,1-2H3. The van der Waals surface area contributed by atoms with Crippen molar-refractivity contribution in [3.63, 3.8) is 0 Å². The molecule has 24 heavy (non-hydrogen) atoms. The van der Waals surface area contributed by atoms with E-state index in [1.54, 1.807) is 0 Å². The predicted molar refractivity (Wildman–Crippen MR) is 115 cm³/mol. The third kappa shape index (κ3) is 5.68. The van der Waals surface area contributed by atoms with Gasteiger partial charge in [-0.1, -0.05) is 65.2 Å². The molecular formula is C19H30I2O3. The first-order chi connectivity index (χ1) is 11.6. The van der Waals surface area contributed by atoms with Crippen LogP contribution in [0.2, 0.25) is 0 Å². The summed E-state index contributed by atoms with van der Waals surface area (Å²) in [6.07, 6.45) is 12.8. The molecule has 0 aliphatic carbocycles. The molecular weight excluding hydrogens is 530 g/mol. The van der Waals surface area contributed by atoms with Crippen LogP contribution in [0.5, 0.6) is 11.5 Å². The van der Waals surface area contributed by atoms with E-state index in [-0.39, 0.29) is 5.41 Å². The number of halogens is 2. The minimum Gasteiger partial charge on any atom is -0.485 e. The summed E-state index contributed by atoms with van der Waals surface area (Å²) in [5.41, 5.74) is 0.152. The van der Waals surface area contributed by atoms with Crippen molar-refractivity contribution >= 4 is 45.2 Å². The van der Waals surface area contributed by atoms with E-state index in [0.717, 1.165) is 32.2 Å². The normalized spacial score (nSPS) is 16.2. The SMILES string of the molecule is CCCCCCC1(CCCCCC)COc2c(I)oc(I)c2OC1. The van der Waals surface area contributed by atoms with Crippen LogP contribution in [0.1, 0.15) is 78.1 Å². The highest BCUT2D eigenvalue weighted by atomic mass is 127. The highest BCUT2D eigenvalue weighted by Crippen LogP contribution is 2.45. The van der Waals surface area contributed by atoms with Gasteiger partial charge in [0.15, 0.2) is 0 Å². The summed E-state index contributed by atoms with van der Waals surface area (Å²) < 4.78 is 19.6. The molecule has 0 fully saturated rings. The number of hydrogen-bond acceptors (Lipinski definition) is 3. The minimum atomic E-state index is 0.152. The van der Waals surface area contributed by atoms with Crippen LogP contribution >= 0.6 is 45.2 Å². The Hall–Kier alpha value is 0.340. The average molecular weight is 560 g/mol. The minimum absolute atomic E-state index is 0.152. The van der Waals surface area contributed by atoms with Crippen LogP contribution in [0.4, 0.5) is 0 Å². The van der Waals surface area contributed by atoms with Crippen LogP contribution in [0.15, 0.2) is 4.42 Å². The number of hydrogen-bond donors (Lipinski definition) is 0. The van der Waals surface area contributed by atoms with Crippen LogP contribution in [0.3, 0.4) is 0 Å². The molecule has 5 heteroatoms. The molecule has 0 saturated carbocycles. The van der Waals surface area contributed by atoms with E-state index in [1.807, 2.05) is 0 Å². The smallest absolute Gasteiger partial charge is 0.215 e. The molecule has 0 aromatic carbocycles. The lowest BCUT2D eigenvalue weighted by atomic mass is 9.79. The molecule has 0 radical (unpaired) electrons. The van der Waals surface area contributed by atoms with Gasteiger partial charge in [-0.3, -0.25) is 0 Å². The summed E-state index contributed by atoms with van der Waals surface area (Å²) in [5.74, 6) is 1.62. The Labute approximate surface area is 173 Å². The zero-order valence-corrected chi connectivity index (χ0v) is 19.3. The van der Waals surface area contributed by atoms with Gasteiger partial charge in [0.2, 0.25) is 19.0 Å². The maximum atomic E-state index is 6.20. The molecule has 138 valence electrons. The van der Waals surface area contributed by atoms with Gasteiger partial charge in [-0.15, -0.1) is 0 Å². The lowest BCUT2D eigenvalue weighted by Crippen LogP contribution is -2.34. The van der Waals surface area contributed by atoms with Gasteiger partial charge in [0.05, 0.1) is 13.2 Å². The Morgan fingerprint density at radius 3 is 1.62 bits per heavy atom. The molecule has 0 bridgehead atoms. The zero-order valence-electron chi connectivity index (χ0n) is 15.0. The van der Waals surface area contributed by atoms with Crippen molar-refractivity contribution in [3.8, 4) is 11.5 Å². The van der Waals surface area contributed by atoms with E-state index >= 15 is 0 Å². The topological polar surface area (TPSA) is 31.6 Å². The van der Waals surface area contributed by atoms with Gasteiger partial charge >= 0.3 is 0 Å². The second-order valence-electron chi connectivity index (χ2n) is 7.01. The number of ether oxygens (including phenoxy) is 2. The Kier molecular flexibility index (Phi) is 9.02. The summed E-state index contributed by atoms with van der Waals surface area (Å²) in [6, 6.07) is 0. The molecule has 2 heterocycles. The summed E-state index contributed by atoms with van der Waals surface area (Å²) in [7, 11) is 0. The van der Waals surface area contributed by atoms with Gasteiger partial charge in [0.25, 0.3) is 0 Å². The maximum Gasteiger partial charge on any atom is 0.215 e. The number of fused-ring (bicyclic) bond motifs is 1. The molecule has 0 saturated heterocycles. The predicted octanol–water partition coefficient (Wildman–Crippen LogP) is 7.19. The Bertz CT molecular complexity index is 457. The average Bonchev–Trinajstić information content (AvgIpc) is 2.73. The second kappa shape index (κ2) is 10.5. The van der Waals surface area contributed by atoms with Gasteiger partial charge in [-0.2, -0.15) is 0 Å². The van der Waals surface area contributed by atoms with Crippen LogP contribution in [0, 0.1) is 12.9 Å². The van der Waals surface area contributed by atoms with Crippen LogP contribution < -0.4 is 9.47 Å². The highest BCUT2D eigenvalue weighted by Gasteiger charge is 2.36. The van der Waals surface area contributed by atoms with Gasteiger partial charge in [0.1, 0.15) is 0 Å². The first-order valence-corrected chi connectivity index (χ1v) is 11.5. The molecule has 1 aromatic rings. The second-order valence-corrected chi connectivity index (χ2v) is 8.97. The van der Waals surface area contributed by atoms with Gasteiger partial charge in [-0.05, 0) is 12.8 Å². The fraction of sp³-hybridized carbons (Fsp3) is 0.789. The molecule has 0 atom stereocenters. The van der Waals surface area contributed by atoms with Crippen molar-refractivity contribution < 1.29 is 13.9 Å². The Morgan fingerprint density at radius 2 is 1.21 bits per heavy atom. The van der Waals surface area contributed by atoms with Crippen molar-refractivity contribution in [2.45, 2.75) is 78.1 Å². The molecule has 0 N–H and O–H groups in total. The Balaban J connectivity index is 2.01. The number of rotatable bonds is 10. The van der Waals surface area contributed by atoms with Crippen LogP contribution in [-0.4, -0.2) is 13.2 Å². The van der Waals surface area contributed by atoms with E-state index in [2.05, 4.69) is 59.0 Å². The summed E-state index contributed by atoms with van der Waals surface area (Å²) in [6.45, 7) is 6.04. The van der Waals surface area contributed by atoms with E-state index in [0.29, 0.717) is 0 Å². The molecule has 0 unspecified atom stereocenters. The third-order valence-electron chi connectivity index (χ3n) is 4.91. The summed E-state index contributed by atoms with van der Waals surface area (Å²) >= 11 is 4.39. The number of furan rings is 1.